The standard InChI is InChI=1S/C25H37N5O3/c1-5-6-13-29(22-23(26)30(14-17(2)3)25(33)27-24(22)32)21(31)16-28(20-11-12-20)15-19-9-7-18(4)8-10-19/h7-10,17,20H,5-6,11-16,26H2,1-4H3,(H,27,32,33). The molecule has 1 fully saturated rings. The highest BCUT2D eigenvalue weighted by Crippen LogP contribution is 2.29. The van der Waals surface area contributed by atoms with Gasteiger partial charge in [-0.25, -0.2) is 4.79 Å². The number of carbonyl (C=O) groups excluding carboxylic acids is 1. The zero-order valence-electron chi connectivity index (χ0n) is 20.3. The van der Waals surface area contributed by atoms with Gasteiger partial charge in [-0.2, -0.15) is 0 Å². The van der Waals surface area contributed by atoms with Gasteiger partial charge < -0.3 is 10.6 Å². The average Bonchev–Trinajstić information content (AvgIpc) is 3.59. The number of nitrogens with zero attached hydrogens (tertiary/aromatic N) is 3. The summed E-state index contributed by atoms with van der Waals surface area (Å²) in [4.78, 5) is 44.8. The van der Waals surface area contributed by atoms with E-state index >= 15 is 0 Å². The Bertz CT molecular complexity index is 1070. The van der Waals surface area contributed by atoms with Crippen LogP contribution in [0.3, 0.4) is 0 Å². The summed E-state index contributed by atoms with van der Waals surface area (Å²) < 4.78 is 1.36. The molecule has 0 aliphatic heterocycles. The van der Waals surface area contributed by atoms with Gasteiger partial charge in [0.2, 0.25) is 5.91 Å². The largest absolute Gasteiger partial charge is 0.383 e. The van der Waals surface area contributed by atoms with Crippen molar-refractivity contribution in [3.05, 3.63) is 56.2 Å². The van der Waals surface area contributed by atoms with E-state index in [1.54, 1.807) is 0 Å². The number of nitrogen functional groups attached to an aromatic ring is 1. The summed E-state index contributed by atoms with van der Waals surface area (Å²) in [7, 11) is 0. The molecule has 8 heteroatoms. The van der Waals surface area contributed by atoms with Gasteiger partial charge in [-0.15, -0.1) is 0 Å². The van der Waals surface area contributed by atoms with E-state index in [4.69, 9.17) is 5.73 Å². The predicted octanol–water partition coefficient (Wildman–Crippen LogP) is 2.88. The van der Waals surface area contributed by atoms with Gasteiger partial charge in [0.15, 0.2) is 5.69 Å². The number of aromatic amines is 1. The van der Waals surface area contributed by atoms with E-state index in [1.807, 2.05) is 20.8 Å². The van der Waals surface area contributed by atoms with Crippen LogP contribution in [0.1, 0.15) is 57.6 Å². The molecule has 0 saturated heterocycles. The third-order valence-corrected chi connectivity index (χ3v) is 5.98. The van der Waals surface area contributed by atoms with E-state index in [-0.39, 0.29) is 29.9 Å². The number of aryl methyl sites for hydroxylation is 1. The van der Waals surface area contributed by atoms with Gasteiger partial charge in [0.1, 0.15) is 5.82 Å². The quantitative estimate of drug-likeness (QED) is 0.542. The second-order valence-corrected chi connectivity index (χ2v) is 9.52. The molecule has 0 unspecified atom stereocenters. The molecule has 2 aromatic rings. The van der Waals surface area contributed by atoms with Crippen molar-refractivity contribution in [1.82, 2.24) is 14.5 Å². The minimum absolute atomic E-state index is 0.0541. The first-order chi connectivity index (χ1) is 15.7. The van der Waals surface area contributed by atoms with Crippen LogP contribution in [0.15, 0.2) is 33.9 Å². The molecule has 8 nitrogen and oxygen atoms in total. The SMILES string of the molecule is CCCCN(C(=O)CN(Cc1ccc(C)cc1)C1CC1)c1c(N)n(CC(C)C)c(=O)[nH]c1=O. The highest BCUT2D eigenvalue weighted by Gasteiger charge is 2.33. The lowest BCUT2D eigenvalue weighted by Crippen LogP contribution is -2.46. The van der Waals surface area contributed by atoms with Crippen molar-refractivity contribution in [3.8, 4) is 0 Å². The van der Waals surface area contributed by atoms with Crippen molar-refractivity contribution in [1.29, 1.82) is 0 Å². The highest BCUT2D eigenvalue weighted by atomic mass is 16.2. The number of rotatable bonds is 11. The zero-order valence-corrected chi connectivity index (χ0v) is 20.3. The number of aromatic nitrogens is 2. The van der Waals surface area contributed by atoms with Crippen molar-refractivity contribution < 1.29 is 4.79 Å². The Balaban J connectivity index is 1.90. The van der Waals surface area contributed by atoms with Crippen LogP contribution < -0.4 is 21.9 Å². The Morgan fingerprint density at radius 1 is 1.21 bits per heavy atom. The molecule has 0 spiro atoms. The maximum atomic E-state index is 13.5. The van der Waals surface area contributed by atoms with Crippen LogP contribution in [-0.2, 0) is 17.9 Å². The maximum absolute atomic E-state index is 13.5. The molecule has 3 N–H and O–H groups in total. The molecule has 1 aliphatic carbocycles. The highest BCUT2D eigenvalue weighted by molar-refractivity contribution is 5.96. The number of hydrogen-bond acceptors (Lipinski definition) is 5. The van der Waals surface area contributed by atoms with E-state index < -0.39 is 11.2 Å². The summed E-state index contributed by atoms with van der Waals surface area (Å²) in [5.41, 5.74) is 7.60. The molecule has 3 rings (SSSR count). The maximum Gasteiger partial charge on any atom is 0.330 e. The van der Waals surface area contributed by atoms with Crippen LogP contribution in [-0.4, -0.2) is 39.5 Å². The number of H-pyrrole nitrogens is 1. The lowest BCUT2D eigenvalue weighted by Gasteiger charge is -2.28. The monoisotopic (exact) mass is 455 g/mol. The summed E-state index contributed by atoms with van der Waals surface area (Å²) in [5, 5.41) is 0. The summed E-state index contributed by atoms with van der Waals surface area (Å²) in [6, 6.07) is 8.71. The molecule has 0 radical (unpaired) electrons. The van der Waals surface area contributed by atoms with Crippen molar-refractivity contribution in [3.63, 3.8) is 0 Å². The molecule has 180 valence electrons. The van der Waals surface area contributed by atoms with Crippen molar-refractivity contribution >= 4 is 17.4 Å². The van der Waals surface area contributed by atoms with Crippen LogP contribution in [0, 0.1) is 12.8 Å². The average molecular weight is 456 g/mol. The third kappa shape index (κ3) is 6.35. The van der Waals surface area contributed by atoms with Crippen molar-refractivity contribution in [2.24, 2.45) is 5.92 Å². The number of nitrogens with two attached hydrogens (primary N) is 1. The number of anilines is 2. The van der Waals surface area contributed by atoms with E-state index in [0.29, 0.717) is 25.7 Å². The van der Waals surface area contributed by atoms with E-state index in [2.05, 4.69) is 41.1 Å². The summed E-state index contributed by atoms with van der Waals surface area (Å²) in [5.74, 6) is 0.0382. The minimum Gasteiger partial charge on any atom is -0.383 e. The third-order valence-electron chi connectivity index (χ3n) is 5.98. The Hall–Kier alpha value is -2.87. The number of benzene rings is 1. The molecular weight excluding hydrogens is 418 g/mol. The van der Waals surface area contributed by atoms with Crippen molar-refractivity contribution in [2.75, 3.05) is 23.7 Å². The molecule has 0 atom stereocenters. The van der Waals surface area contributed by atoms with Crippen LogP contribution >= 0.6 is 0 Å². The Morgan fingerprint density at radius 3 is 2.45 bits per heavy atom. The first-order valence-corrected chi connectivity index (χ1v) is 11.9. The van der Waals surface area contributed by atoms with Gasteiger partial charge in [0, 0.05) is 25.7 Å². The number of carbonyl (C=O) groups is 1. The molecular formula is C25H37N5O3. The van der Waals surface area contributed by atoms with Crippen LogP contribution in [0.5, 0.6) is 0 Å². The van der Waals surface area contributed by atoms with Gasteiger partial charge in [-0.1, -0.05) is 57.0 Å². The number of hydrogen-bond donors (Lipinski definition) is 2. The number of nitrogens with one attached hydrogen (secondary N) is 1. The fraction of sp³-hybridized carbons (Fsp3) is 0.560. The lowest BCUT2D eigenvalue weighted by molar-refractivity contribution is -0.120. The summed E-state index contributed by atoms with van der Waals surface area (Å²) in [6.45, 7) is 9.64. The van der Waals surface area contributed by atoms with E-state index in [9.17, 15) is 14.4 Å². The first-order valence-electron chi connectivity index (χ1n) is 11.9. The van der Waals surface area contributed by atoms with Crippen LogP contribution in [0.2, 0.25) is 0 Å². The summed E-state index contributed by atoms with van der Waals surface area (Å²) >= 11 is 0. The van der Waals surface area contributed by atoms with Gasteiger partial charge in [0.25, 0.3) is 5.56 Å². The fourth-order valence-electron chi connectivity index (χ4n) is 4.00. The van der Waals surface area contributed by atoms with E-state index in [0.717, 1.165) is 31.2 Å². The smallest absolute Gasteiger partial charge is 0.330 e. The molecule has 0 bridgehead atoms. The Morgan fingerprint density at radius 2 is 1.88 bits per heavy atom. The number of amides is 1. The molecule has 33 heavy (non-hydrogen) atoms. The molecule has 1 aliphatic rings. The molecule has 1 heterocycles. The molecule has 1 amide bonds. The molecule has 1 saturated carbocycles. The van der Waals surface area contributed by atoms with Crippen LogP contribution in [0.4, 0.5) is 11.5 Å². The van der Waals surface area contributed by atoms with Gasteiger partial charge >= 0.3 is 5.69 Å². The zero-order chi connectivity index (χ0) is 24.1. The first kappa shape index (κ1) is 24.8. The number of unbranched alkanes of at least 4 members (excludes halogenated alkanes) is 1. The fourth-order valence-corrected chi connectivity index (χ4v) is 4.00. The van der Waals surface area contributed by atoms with Gasteiger partial charge in [-0.3, -0.25) is 24.0 Å². The predicted molar refractivity (Wildman–Crippen MR) is 132 cm³/mol. The van der Waals surface area contributed by atoms with Crippen LogP contribution in [0.25, 0.3) is 0 Å². The van der Waals surface area contributed by atoms with Crippen molar-refractivity contribution in [2.45, 2.75) is 72.5 Å². The summed E-state index contributed by atoms with van der Waals surface area (Å²) in [6.07, 6.45) is 3.73. The molecule has 1 aromatic heterocycles. The minimum atomic E-state index is -0.613. The molecule has 1 aromatic carbocycles. The Labute approximate surface area is 195 Å². The lowest BCUT2D eigenvalue weighted by atomic mass is 10.1. The Kier molecular flexibility index (Phi) is 8.13. The van der Waals surface area contributed by atoms with E-state index in [1.165, 1.54) is 15.0 Å². The second kappa shape index (κ2) is 10.8. The second-order valence-electron chi connectivity index (χ2n) is 9.52. The topological polar surface area (TPSA) is 104 Å². The van der Waals surface area contributed by atoms with Gasteiger partial charge in [0.05, 0.1) is 6.54 Å². The normalized spacial score (nSPS) is 13.6. The van der Waals surface area contributed by atoms with Gasteiger partial charge in [-0.05, 0) is 37.7 Å².